The van der Waals surface area contributed by atoms with Crippen LogP contribution >= 0.6 is 24.0 Å². The first-order chi connectivity index (χ1) is 14.7. The van der Waals surface area contributed by atoms with Crippen LogP contribution in [0, 0.1) is 0 Å². The lowest BCUT2D eigenvalue weighted by Crippen LogP contribution is -2.30. The third-order valence-corrected chi connectivity index (χ3v) is 4.31. The van der Waals surface area contributed by atoms with Crippen molar-refractivity contribution in [3.63, 3.8) is 0 Å². The summed E-state index contributed by atoms with van der Waals surface area (Å²) in [6.45, 7) is 1.76. The number of benzene rings is 2. The molecule has 2 N–H and O–H groups in total. The summed E-state index contributed by atoms with van der Waals surface area (Å²) in [6.07, 6.45) is 0.838. The summed E-state index contributed by atoms with van der Waals surface area (Å²) in [5.41, 5.74) is 1.78. The highest BCUT2D eigenvalue weighted by molar-refractivity contribution is 14.0. The number of hydrogen-bond acceptors (Lipinski definition) is 6. The molecule has 0 heterocycles. The molecule has 0 aliphatic rings. The molecule has 0 fully saturated rings. The van der Waals surface area contributed by atoms with Crippen LogP contribution in [0.4, 0.5) is 5.69 Å². The first-order valence-electron chi connectivity index (χ1n) is 9.64. The summed E-state index contributed by atoms with van der Waals surface area (Å²) in [5, 5.41) is 6.55. The summed E-state index contributed by atoms with van der Waals surface area (Å²) in [6, 6.07) is 11.5. The minimum Gasteiger partial charge on any atom is -0.493 e. The monoisotopic (exact) mass is 545 g/mol. The fourth-order valence-electron chi connectivity index (χ4n) is 2.85. The molecule has 0 bridgehead atoms. The van der Waals surface area contributed by atoms with Gasteiger partial charge in [0.05, 0.1) is 27.9 Å². The van der Waals surface area contributed by atoms with Crippen molar-refractivity contribution in [2.45, 2.75) is 13.0 Å². The van der Waals surface area contributed by atoms with Gasteiger partial charge in [-0.25, -0.2) is 0 Å². The molecule has 172 valence electrons. The lowest BCUT2D eigenvalue weighted by molar-refractivity contribution is 0.172. The highest BCUT2D eigenvalue weighted by Gasteiger charge is 2.16. The summed E-state index contributed by atoms with van der Waals surface area (Å²) in [4.78, 5) is 4.29. The van der Waals surface area contributed by atoms with E-state index in [1.54, 1.807) is 35.5 Å². The quantitative estimate of drug-likeness (QED) is 0.192. The maximum atomic E-state index is 5.75. The van der Waals surface area contributed by atoms with Crippen LogP contribution in [0.2, 0.25) is 0 Å². The molecule has 0 aliphatic carbocycles. The fourth-order valence-corrected chi connectivity index (χ4v) is 2.85. The Balaban J connectivity index is 0.00000480. The molecule has 31 heavy (non-hydrogen) atoms. The predicted molar refractivity (Wildman–Crippen MR) is 134 cm³/mol. The van der Waals surface area contributed by atoms with Crippen molar-refractivity contribution >= 4 is 35.6 Å². The Morgan fingerprint density at radius 3 is 2.35 bits per heavy atom. The zero-order valence-corrected chi connectivity index (χ0v) is 21.0. The molecule has 0 amide bonds. The lowest BCUT2D eigenvalue weighted by atomic mass is 10.1. The second-order valence-corrected chi connectivity index (χ2v) is 6.27. The average Bonchev–Trinajstić information content (AvgIpc) is 2.78. The molecule has 2 aromatic rings. The topological polar surface area (TPSA) is 82.6 Å². The van der Waals surface area contributed by atoms with Gasteiger partial charge in [-0.3, -0.25) is 4.99 Å². The van der Waals surface area contributed by atoms with Gasteiger partial charge in [-0.2, -0.15) is 0 Å². The van der Waals surface area contributed by atoms with E-state index in [-0.39, 0.29) is 24.0 Å². The van der Waals surface area contributed by atoms with Crippen molar-refractivity contribution in [1.82, 2.24) is 5.32 Å². The van der Waals surface area contributed by atoms with Crippen LogP contribution in [0.1, 0.15) is 12.0 Å². The normalized spacial score (nSPS) is 10.7. The van der Waals surface area contributed by atoms with Gasteiger partial charge in [0.25, 0.3) is 0 Å². The molecule has 0 aliphatic heterocycles. The minimum atomic E-state index is 0. The standard InChI is InChI=1S/C22H31N3O5.HI/c1-23-22(25-17-8-6-9-18(14-17)30-13-7-12-26-2)24-15-16-10-11-19(27-3)21(29-5)20(16)28-4;/h6,8-11,14H,7,12-13,15H2,1-5H3,(H2,23,24,25);1H. The highest BCUT2D eigenvalue weighted by Crippen LogP contribution is 2.39. The lowest BCUT2D eigenvalue weighted by Gasteiger charge is -2.17. The van der Waals surface area contributed by atoms with E-state index in [4.69, 9.17) is 23.7 Å². The number of ether oxygens (including phenoxy) is 5. The number of nitrogens with one attached hydrogen (secondary N) is 2. The number of guanidine groups is 1. The molecule has 2 aromatic carbocycles. The van der Waals surface area contributed by atoms with Crippen molar-refractivity contribution in [2.75, 3.05) is 54.0 Å². The summed E-state index contributed by atoms with van der Waals surface area (Å²) >= 11 is 0. The Hall–Kier alpha value is -2.40. The van der Waals surface area contributed by atoms with Gasteiger partial charge in [0.15, 0.2) is 17.5 Å². The molecule has 0 aromatic heterocycles. The Morgan fingerprint density at radius 1 is 0.935 bits per heavy atom. The van der Waals surface area contributed by atoms with Crippen molar-refractivity contribution in [2.24, 2.45) is 4.99 Å². The third-order valence-electron chi connectivity index (χ3n) is 4.31. The Bertz CT molecular complexity index is 833. The maximum absolute atomic E-state index is 5.75. The number of methoxy groups -OCH3 is 4. The third kappa shape index (κ3) is 7.98. The van der Waals surface area contributed by atoms with Crippen LogP contribution < -0.4 is 29.6 Å². The number of nitrogens with zero attached hydrogens (tertiary/aromatic N) is 1. The van der Waals surface area contributed by atoms with Gasteiger partial charge in [-0.1, -0.05) is 6.07 Å². The van der Waals surface area contributed by atoms with E-state index in [2.05, 4.69) is 15.6 Å². The van der Waals surface area contributed by atoms with Crippen molar-refractivity contribution < 1.29 is 23.7 Å². The van der Waals surface area contributed by atoms with E-state index in [0.29, 0.717) is 43.0 Å². The number of hydrogen-bond donors (Lipinski definition) is 2. The molecule has 0 unspecified atom stereocenters. The summed E-state index contributed by atoms with van der Waals surface area (Å²) in [7, 11) is 8.18. The number of rotatable bonds is 11. The minimum absolute atomic E-state index is 0. The van der Waals surface area contributed by atoms with Crippen molar-refractivity contribution in [3.8, 4) is 23.0 Å². The molecule has 2 rings (SSSR count). The number of halogens is 1. The van der Waals surface area contributed by atoms with Gasteiger partial charge in [-0.05, 0) is 24.3 Å². The van der Waals surface area contributed by atoms with Crippen LogP contribution in [-0.2, 0) is 11.3 Å². The van der Waals surface area contributed by atoms with E-state index in [1.807, 2.05) is 36.4 Å². The molecule has 9 heteroatoms. The van der Waals surface area contributed by atoms with Crippen molar-refractivity contribution in [1.29, 1.82) is 0 Å². The van der Waals surface area contributed by atoms with Gasteiger partial charge in [0, 0.05) is 51.0 Å². The van der Waals surface area contributed by atoms with Crippen molar-refractivity contribution in [3.05, 3.63) is 42.0 Å². The molecule has 0 spiro atoms. The SMILES string of the molecule is CN=C(NCc1ccc(OC)c(OC)c1OC)Nc1cccc(OCCCOC)c1.I. The van der Waals surface area contributed by atoms with Crippen LogP contribution in [0.15, 0.2) is 41.4 Å². The molecule has 0 radical (unpaired) electrons. The Morgan fingerprint density at radius 2 is 1.71 bits per heavy atom. The largest absolute Gasteiger partial charge is 0.493 e. The van der Waals surface area contributed by atoms with Crippen LogP contribution in [0.5, 0.6) is 23.0 Å². The Kier molecular flexibility index (Phi) is 12.5. The molecular formula is C22H32IN3O5. The van der Waals surface area contributed by atoms with E-state index in [1.165, 1.54) is 0 Å². The van der Waals surface area contributed by atoms with Gasteiger partial charge < -0.3 is 34.3 Å². The molecular weight excluding hydrogens is 513 g/mol. The fraction of sp³-hybridized carbons (Fsp3) is 0.409. The van der Waals surface area contributed by atoms with Crippen LogP contribution in [0.3, 0.4) is 0 Å². The smallest absolute Gasteiger partial charge is 0.203 e. The Labute approximate surface area is 201 Å². The van der Waals surface area contributed by atoms with Gasteiger partial charge in [-0.15, -0.1) is 24.0 Å². The van der Waals surface area contributed by atoms with Crippen LogP contribution in [-0.4, -0.2) is 54.7 Å². The molecule has 0 saturated carbocycles. The van der Waals surface area contributed by atoms with Gasteiger partial charge in [0.1, 0.15) is 5.75 Å². The number of aliphatic imine (C=N–C) groups is 1. The highest BCUT2D eigenvalue weighted by atomic mass is 127. The molecule has 0 atom stereocenters. The van der Waals surface area contributed by atoms with E-state index in [0.717, 1.165) is 23.4 Å². The zero-order chi connectivity index (χ0) is 21.8. The summed E-state index contributed by atoms with van der Waals surface area (Å²) in [5.74, 6) is 3.19. The molecule has 8 nitrogen and oxygen atoms in total. The average molecular weight is 545 g/mol. The predicted octanol–water partition coefficient (Wildman–Crippen LogP) is 3.93. The maximum Gasteiger partial charge on any atom is 0.203 e. The summed E-state index contributed by atoms with van der Waals surface area (Å²) < 4.78 is 27.1. The van der Waals surface area contributed by atoms with Gasteiger partial charge >= 0.3 is 0 Å². The number of anilines is 1. The first-order valence-corrected chi connectivity index (χ1v) is 9.64. The second-order valence-electron chi connectivity index (χ2n) is 6.27. The second kappa shape index (κ2) is 14.6. The zero-order valence-electron chi connectivity index (χ0n) is 18.7. The van der Waals surface area contributed by atoms with Crippen LogP contribution in [0.25, 0.3) is 0 Å². The van der Waals surface area contributed by atoms with Gasteiger partial charge in [0.2, 0.25) is 5.75 Å². The van der Waals surface area contributed by atoms with E-state index < -0.39 is 0 Å². The van der Waals surface area contributed by atoms with E-state index >= 15 is 0 Å². The first kappa shape index (κ1) is 26.6. The molecule has 0 saturated heterocycles. The van der Waals surface area contributed by atoms with E-state index in [9.17, 15) is 0 Å².